The maximum atomic E-state index is 12.7. The van der Waals surface area contributed by atoms with E-state index in [2.05, 4.69) is 4.98 Å². The molecule has 0 aliphatic heterocycles. The molecule has 2 rings (SSSR count). The molecule has 0 fully saturated rings. The molecule has 0 saturated heterocycles. The maximum Gasteiger partial charge on any atom is 0.389 e. The highest BCUT2D eigenvalue weighted by Gasteiger charge is 2.27. The normalized spacial score (nSPS) is 12.6. The van der Waals surface area contributed by atoms with Crippen LogP contribution < -0.4 is 5.56 Å². The third-order valence-electron chi connectivity index (χ3n) is 4.50. The first-order chi connectivity index (χ1) is 14.5. The minimum atomic E-state index is -4.35. The molecule has 0 aliphatic rings. The van der Waals surface area contributed by atoms with Gasteiger partial charge in [0.05, 0.1) is 18.4 Å². The molecule has 31 heavy (non-hydrogen) atoms. The standard InChI is InChI=1S/C20H23ClF3N3O4/c1-26(10-15(29)12-28)19(31)11-27-17(3-2-8-20(22,23)24)25-16(9-18(27)30)13-4-6-14(21)7-5-13/h4-7,9,15,28-29H,2-3,8,10-12H2,1H3. The molecule has 2 aromatic rings. The zero-order chi connectivity index (χ0) is 23.2. The molecule has 0 bridgehead atoms. The van der Waals surface area contributed by atoms with Gasteiger partial charge in [0.2, 0.25) is 5.91 Å². The van der Waals surface area contributed by atoms with Crippen LogP contribution in [-0.2, 0) is 17.8 Å². The summed E-state index contributed by atoms with van der Waals surface area (Å²) in [6.07, 6.45) is -7.01. The molecular weight excluding hydrogens is 439 g/mol. The monoisotopic (exact) mass is 461 g/mol. The predicted molar refractivity (Wildman–Crippen MR) is 109 cm³/mol. The molecule has 1 aromatic carbocycles. The SMILES string of the molecule is CN(CC(O)CO)C(=O)Cn1c(CCCC(F)(F)F)nc(-c2ccc(Cl)cc2)cc1=O. The maximum absolute atomic E-state index is 12.7. The van der Waals surface area contributed by atoms with E-state index < -0.39 is 43.3 Å². The second-order valence-electron chi connectivity index (χ2n) is 7.07. The zero-order valence-corrected chi connectivity index (χ0v) is 17.5. The summed E-state index contributed by atoms with van der Waals surface area (Å²) in [5.74, 6) is -0.515. The molecule has 0 saturated carbocycles. The first-order valence-corrected chi connectivity index (χ1v) is 9.84. The lowest BCUT2D eigenvalue weighted by atomic mass is 10.1. The number of carbonyl (C=O) groups excluding carboxylic acids is 1. The van der Waals surface area contributed by atoms with Crippen molar-refractivity contribution in [2.24, 2.45) is 0 Å². The van der Waals surface area contributed by atoms with Gasteiger partial charge in [-0.25, -0.2) is 4.98 Å². The van der Waals surface area contributed by atoms with Gasteiger partial charge in [-0.05, 0) is 18.6 Å². The quantitative estimate of drug-likeness (QED) is 0.597. The van der Waals surface area contributed by atoms with Gasteiger partial charge in [0.15, 0.2) is 0 Å². The summed E-state index contributed by atoms with van der Waals surface area (Å²) >= 11 is 5.86. The summed E-state index contributed by atoms with van der Waals surface area (Å²) in [6.45, 7) is -1.16. The molecule has 11 heteroatoms. The van der Waals surface area contributed by atoms with Gasteiger partial charge in [-0.1, -0.05) is 23.7 Å². The van der Waals surface area contributed by atoms with Crippen molar-refractivity contribution in [2.45, 2.75) is 38.1 Å². The summed E-state index contributed by atoms with van der Waals surface area (Å²) in [6, 6.07) is 7.65. The highest BCUT2D eigenvalue weighted by atomic mass is 35.5. The number of halogens is 4. The molecule has 2 N–H and O–H groups in total. The summed E-state index contributed by atoms with van der Waals surface area (Å²) in [5.41, 5.74) is 0.225. The number of benzene rings is 1. The van der Waals surface area contributed by atoms with Crippen LogP contribution in [0.5, 0.6) is 0 Å². The largest absolute Gasteiger partial charge is 0.394 e. The van der Waals surface area contributed by atoms with Crippen molar-refractivity contribution in [3.05, 3.63) is 51.5 Å². The van der Waals surface area contributed by atoms with E-state index >= 15 is 0 Å². The van der Waals surface area contributed by atoms with Crippen molar-refractivity contribution >= 4 is 17.5 Å². The topological polar surface area (TPSA) is 95.7 Å². The van der Waals surface area contributed by atoms with Crippen LogP contribution in [0.3, 0.4) is 0 Å². The third-order valence-corrected chi connectivity index (χ3v) is 4.75. The molecule has 7 nitrogen and oxygen atoms in total. The molecular formula is C20H23ClF3N3O4. The second-order valence-corrected chi connectivity index (χ2v) is 7.50. The van der Waals surface area contributed by atoms with E-state index in [4.69, 9.17) is 16.7 Å². The Morgan fingerprint density at radius 3 is 2.52 bits per heavy atom. The van der Waals surface area contributed by atoms with Crippen LogP contribution >= 0.6 is 11.6 Å². The van der Waals surface area contributed by atoms with Gasteiger partial charge < -0.3 is 15.1 Å². The number of aryl methyl sites for hydroxylation is 1. The fourth-order valence-corrected chi connectivity index (χ4v) is 2.99. The van der Waals surface area contributed by atoms with Crippen molar-refractivity contribution in [3.63, 3.8) is 0 Å². The van der Waals surface area contributed by atoms with Crippen molar-refractivity contribution in [1.29, 1.82) is 0 Å². The predicted octanol–water partition coefficient (Wildman–Crippen LogP) is 2.26. The molecule has 1 heterocycles. The number of likely N-dealkylation sites (N-methyl/N-ethyl adjacent to an activating group) is 1. The van der Waals surface area contributed by atoms with Gasteiger partial charge in [-0.2, -0.15) is 13.2 Å². The number of rotatable bonds is 9. The van der Waals surface area contributed by atoms with Crippen molar-refractivity contribution in [3.8, 4) is 11.3 Å². The summed E-state index contributed by atoms with van der Waals surface area (Å²) in [5, 5.41) is 18.9. The summed E-state index contributed by atoms with van der Waals surface area (Å²) in [4.78, 5) is 30.6. The molecule has 0 aliphatic carbocycles. The van der Waals surface area contributed by atoms with E-state index in [0.29, 0.717) is 10.6 Å². The molecule has 1 atom stereocenters. The lowest BCUT2D eigenvalue weighted by Gasteiger charge is -2.21. The Hall–Kier alpha value is -2.43. The minimum absolute atomic E-state index is 0.0474. The summed E-state index contributed by atoms with van der Waals surface area (Å²) < 4.78 is 38.8. The number of aliphatic hydroxyl groups is 2. The molecule has 1 aromatic heterocycles. The van der Waals surface area contributed by atoms with Crippen molar-refractivity contribution in [1.82, 2.24) is 14.5 Å². The first kappa shape index (κ1) is 24.8. The number of nitrogens with zero attached hydrogens (tertiary/aromatic N) is 3. The summed E-state index contributed by atoms with van der Waals surface area (Å²) in [7, 11) is 1.38. The molecule has 0 radical (unpaired) electrons. The Kier molecular flexibility index (Phi) is 8.60. The Labute approximate surface area is 181 Å². The van der Waals surface area contributed by atoms with E-state index in [0.717, 1.165) is 9.47 Å². The smallest absolute Gasteiger partial charge is 0.389 e. The minimum Gasteiger partial charge on any atom is -0.394 e. The van der Waals surface area contributed by atoms with E-state index in [1.165, 1.54) is 13.1 Å². The Morgan fingerprint density at radius 1 is 1.29 bits per heavy atom. The Bertz CT molecular complexity index is 948. The number of carbonyl (C=O) groups is 1. The zero-order valence-electron chi connectivity index (χ0n) is 16.8. The van der Waals surface area contributed by atoms with Crippen LogP contribution in [0, 0.1) is 0 Å². The van der Waals surface area contributed by atoms with Crippen LogP contribution in [0.15, 0.2) is 35.1 Å². The molecule has 170 valence electrons. The fraction of sp³-hybridized carbons (Fsp3) is 0.450. The van der Waals surface area contributed by atoms with Gasteiger partial charge in [0, 0.05) is 43.1 Å². The van der Waals surface area contributed by atoms with Gasteiger partial charge in [0.25, 0.3) is 5.56 Å². The number of aromatic nitrogens is 2. The highest BCUT2D eigenvalue weighted by Crippen LogP contribution is 2.23. The van der Waals surface area contributed by atoms with Gasteiger partial charge in [0.1, 0.15) is 12.4 Å². The number of hydrogen-bond acceptors (Lipinski definition) is 5. The lowest BCUT2D eigenvalue weighted by molar-refractivity contribution is -0.135. The van der Waals surface area contributed by atoms with Crippen LogP contribution in [0.4, 0.5) is 13.2 Å². The lowest BCUT2D eigenvalue weighted by Crippen LogP contribution is -2.40. The third kappa shape index (κ3) is 7.64. The van der Waals surface area contributed by atoms with Crippen molar-refractivity contribution < 1.29 is 28.2 Å². The van der Waals surface area contributed by atoms with Crippen LogP contribution in [-0.4, -0.2) is 63.1 Å². The fourth-order valence-electron chi connectivity index (χ4n) is 2.86. The number of aliphatic hydroxyl groups excluding tert-OH is 2. The Balaban J connectivity index is 2.34. The van der Waals surface area contributed by atoms with E-state index in [9.17, 15) is 27.9 Å². The Morgan fingerprint density at radius 2 is 1.94 bits per heavy atom. The average molecular weight is 462 g/mol. The second kappa shape index (κ2) is 10.7. The number of alkyl halides is 3. The highest BCUT2D eigenvalue weighted by molar-refractivity contribution is 6.30. The van der Waals surface area contributed by atoms with Crippen molar-refractivity contribution in [2.75, 3.05) is 20.2 Å². The number of amides is 1. The van der Waals surface area contributed by atoms with Gasteiger partial charge in [-0.3, -0.25) is 14.2 Å². The average Bonchev–Trinajstić information content (AvgIpc) is 2.69. The van der Waals surface area contributed by atoms with Crippen LogP contribution in [0.1, 0.15) is 18.7 Å². The van der Waals surface area contributed by atoms with Gasteiger partial charge >= 0.3 is 6.18 Å². The van der Waals surface area contributed by atoms with E-state index in [-0.39, 0.29) is 30.9 Å². The molecule has 1 unspecified atom stereocenters. The van der Waals surface area contributed by atoms with Crippen LogP contribution in [0.25, 0.3) is 11.3 Å². The number of hydrogen-bond donors (Lipinski definition) is 2. The molecule has 0 spiro atoms. The van der Waals surface area contributed by atoms with E-state index in [1.54, 1.807) is 24.3 Å². The van der Waals surface area contributed by atoms with Crippen LogP contribution in [0.2, 0.25) is 5.02 Å². The first-order valence-electron chi connectivity index (χ1n) is 9.46. The van der Waals surface area contributed by atoms with E-state index in [1.807, 2.05) is 0 Å². The van der Waals surface area contributed by atoms with Gasteiger partial charge in [-0.15, -0.1) is 0 Å². The molecule has 1 amide bonds.